The topological polar surface area (TPSA) is 83.9 Å². The number of nitrogens with zero attached hydrogens (tertiary/aromatic N) is 1. The average Bonchev–Trinajstić information content (AvgIpc) is 2.77. The van der Waals surface area contributed by atoms with Gasteiger partial charge >= 0.3 is 11.9 Å². The Morgan fingerprint density at radius 3 is 2.35 bits per heavy atom. The number of ether oxygens (including phenoxy) is 1. The molecule has 0 atom stereocenters. The van der Waals surface area contributed by atoms with E-state index in [-0.39, 0.29) is 22.6 Å². The molecule has 1 heterocycles. The van der Waals surface area contributed by atoms with E-state index in [0.29, 0.717) is 17.8 Å². The van der Waals surface area contributed by atoms with E-state index < -0.39 is 11.9 Å². The lowest BCUT2D eigenvalue weighted by Crippen LogP contribution is -2.24. The number of likely N-dealkylation sites (N-methyl/N-ethyl adjacent to an activating group) is 1. The first-order valence-corrected chi connectivity index (χ1v) is 7.07. The number of allylic oxidation sites excluding steroid dienone is 1. The molecule has 6 heteroatoms. The third kappa shape index (κ3) is 3.01. The molecule has 1 aliphatic rings. The molecule has 0 bridgehead atoms. The number of hydrogen-bond acceptors (Lipinski definition) is 4. The summed E-state index contributed by atoms with van der Waals surface area (Å²) in [4.78, 5) is 36.8. The van der Waals surface area contributed by atoms with Crippen LogP contribution in [0.15, 0.2) is 41.1 Å². The lowest BCUT2D eigenvalue weighted by atomic mass is 10.0. The van der Waals surface area contributed by atoms with Crippen molar-refractivity contribution in [3.63, 3.8) is 0 Å². The minimum absolute atomic E-state index is 0.153. The monoisotopic (exact) mass is 315 g/mol. The number of benzene rings is 1. The molecule has 1 amide bonds. The highest BCUT2D eigenvalue weighted by Crippen LogP contribution is 2.31. The normalized spacial score (nSPS) is 16.2. The van der Waals surface area contributed by atoms with E-state index >= 15 is 0 Å². The summed E-state index contributed by atoms with van der Waals surface area (Å²) in [7, 11) is 1.26. The van der Waals surface area contributed by atoms with Crippen LogP contribution in [0, 0.1) is 0 Å². The van der Waals surface area contributed by atoms with Crippen molar-refractivity contribution in [2.45, 2.75) is 13.8 Å². The SMILES string of the molecule is CCN1C(=O)C(=Cc2ccc(C(=O)O)cc2)C(C(=O)OC)=C1C. The standard InChI is InChI=1S/C17H17NO5/c1-4-18-10(2)14(17(22)23-3)13(15(18)19)9-11-5-7-12(8-6-11)16(20)21/h5-9H,4H2,1-3H3,(H,20,21). The minimum atomic E-state index is -1.02. The molecule has 0 saturated heterocycles. The number of amides is 1. The molecule has 1 N–H and O–H groups in total. The minimum Gasteiger partial charge on any atom is -0.478 e. The quantitative estimate of drug-likeness (QED) is 0.679. The first-order valence-electron chi connectivity index (χ1n) is 7.07. The number of hydrogen-bond donors (Lipinski definition) is 1. The lowest BCUT2D eigenvalue weighted by Gasteiger charge is -2.14. The Morgan fingerprint density at radius 1 is 1.26 bits per heavy atom. The molecule has 0 saturated carbocycles. The van der Waals surface area contributed by atoms with Crippen molar-refractivity contribution in [3.8, 4) is 0 Å². The van der Waals surface area contributed by atoms with Gasteiger partial charge in [0.25, 0.3) is 5.91 Å². The Kier molecular flexibility index (Phi) is 4.64. The lowest BCUT2D eigenvalue weighted by molar-refractivity contribution is -0.136. The second-order valence-electron chi connectivity index (χ2n) is 4.99. The van der Waals surface area contributed by atoms with E-state index in [1.54, 1.807) is 25.1 Å². The van der Waals surface area contributed by atoms with Crippen LogP contribution in [-0.2, 0) is 14.3 Å². The summed E-state index contributed by atoms with van der Waals surface area (Å²) in [6.45, 7) is 3.96. The number of methoxy groups -OCH3 is 1. The molecule has 1 aliphatic heterocycles. The summed E-state index contributed by atoms with van der Waals surface area (Å²) < 4.78 is 4.77. The molecule has 1 aromatic carbocycles. The van der Waals surface area contributed by atoms with Gasteiger partial charge in [0, 0.05) is 12.2 Å². The maximum absolute atomic E-state index is 12.5. The molecular formula is C17H17NO5. The number of esters is 1. The van der Waals surface area contributed by atoms with E-state index in [9.17, 15) is 14.4 Å². The van der Waals surface area contributed by atoms with Crippen LogP contribution in [0.2, 0.25) is 0 Å². The van der Waals surface area contributed by atoms with Gasteiger partial charge < -0.3 is 14.7 Å². The first-order chi connectivity index (χ1) is 10.9. The van der Waals surface area contributed by atoms with Gasteiger partial charge in [-0.2, -0.15) is 0 Å². The zero-order valence-electron chi connectivity index (χ0n) is 13.1. The van der Waals surface area contributed by atoms with Crippen LogP contribution < -0.4 is 0 Å². The van der Waals surface area contributed by atoms with Crippen molar-refractivity contribution < 1.29 is 24.2 Å². The van der Waals surface area contributed by atoms with Crippen LogP contribution in [0.1, 0.15) is 29.8 Å². The predicted molar refractivity (Wildman–Crippen MR) is 83.5 cm³/mol. The fraction of sp³-hybridized carbons (Fsp3) is 0.235. The van der Waals surface area contributed by atoms with Gasteiger partial charge in [-0.1, -0.05) is 12.1 Å². The van der Waals surface area contributed by atoms with E-state index in [0.717, 1.165) is 0 Å². The Morgan fingerprint density at radius 2 is 1.87 bits per heavy atom. The smallest absolute Gasteiger partial charge is 0.340 e. The van der Waals surface area contributed by atoms with Gasteiger partial charge in [0.15, 0.2) is 0 Å². The van der Waals surface area contributed by atoms with Crippen molar-refractivity contribution in [2.75, 3.05) is 13.7 Å². The summed E-state index contributed by atoms with van der Waals surface area (Å²) in [6.07, 6.45) is 1.57. The Bertz CT molecular complexity index is 728. The Balaban J connectivity index is 2.48. The van der Waals surface area contributed by atoms with E-state index in [1.807, 2.05) is 6.92 Å². The molecule has 120 valence electrons. The Labute approximate surface area is 133 Å². The zero-order valence-corrected chi connectivity index (χ0v) is 13.1. The molecule has 0 unspecified atom stereocenters. The highest BCUT2D eigenvalue weighted by Gasteiger charge is 2.36. The van der Waals surface area contributed by atoms with Crippen LogP contribution in [0.5, 0.6) is 0 Å². The maximum atomic E-state index is 12.5. The summed E-state index contributed by atoms with van der Waals surface area (Å²) >= 11 is 0. The first kappa shape index (κ1) is 16.5. The molecule has 23 heavy (non-hydrogen) atoms. The second-order valence-corrected chi connectivity index (χ2v) is 4.99. The molecule has 0 spiro atoms. The van der Waals surface area contributed by atoms with Crippen LogP contribution in [-0.4, -0.2) is 41.5 Å². The summed E-state index contributed by atoms with van der Waals surface area (Å²) in [5, 5.41) is 8.91. The molecule has 0 aromatic heterocycles. The number of rotatable bonds is 4. The molecule has 6 nitrogen and oxygen atoms in total. The maximum Gasteiger partial charge on any atom is 0.340 e. The number of carbonyl (C=O) groups is 3. The van der Waals surface area contributed by atoms with Crippen molar-refractivity contribution in [3.05, 3.63) is 52.2 Å². The predicted octanol–water partition coefficient (Wildman–Crippen LogP) is 2.08. The van der Waals surface area contributed by atoms with Crippen LogP contribution in [0.3, 0.4) is 0 Å². The van der Waals surface area contributed by atoms with Crippen molar-refractivity contribution >= 4 is 23.9 Å². The van der Waals surface area contributed by atoms with E-state index in [2.05, 4.69) is 0 Å². The third-order valence-corrected chi connectivity index (χ3v) is 3.69. The van der Waals surface area contributed by atoms with E-state index in [1.165, 1.54) is 24.1 Å². The third-order valence-electron chi connectivity index (χ3n) is 3.69. The number of carboxylic acids is 1. The van der Waals surface area contributed by atoms with Gasteiger partial charge in [0.05, 0.1) is 23.8 Å². The molecule has 0 fully saturated rings. The van der Waals surface area contributed by atoms with Crippen molar-refractivity contribution in [1.82, 2.24) is 4.90 Å². The van der Waals surface area contributed by atoms with E-state index in [4.69, 9.17) is 9.84 Å². The van der Waals surface area contributed by atoms with Crippen LogP contribution >= 0.6 is 0 Å². The number of carbonyl (C=O) groups excluding carboxylic acids is 2. The van der Waals surface area contributed by atoms with Crippen molar-refractivity contribution in [2.24, 2.45) is 0 Å². The molecular weight excluding hydrogens is 298 g/mol. The summed E-state index contributed by atoms with van der Waals surface area (Å²) in [5.74, 6) is -1.86. The highest BCUT2D eigenvalue weighted by molar-refractivity contribution is 6.16. The molecule has 0 radical (unpaired) electrons. The highest BCUT2D eigenvalue weighted by atomic mass is 16.5. The van der Waals surface area contributed by atoms with Gasteiger partial charge in [0.2, 0.25) is 0 Å². The van der Waals surface area contributed by atoms with Gasteiger partial charge in [-0.25, -0.2) is 9.59 Å². The van der Waals surface area contributed by atoms with Crippen LogP contribution in [0.25, 0.3) is 6.08 Å². The van der Waals surface area contributed by atoms with Gasteiger partial charge in [-0.3, -0.25) is 4.79 Å². The van der Waals surface area contributed by atoms with Gasteiger partial charge in [-0.05, 0) is 37.6 Å². The fourth-order valence-electron chi connectivity index (χ4n) is 2.50. The number of carboxylic acid groups (broad SMARTS) is 1. The Hall–Kier alpha value is -2.89. The van der Waals surface area contributed by atoms with Crippen molar-refractivity contribution in [1.29, 1.82) is 0 Å². The van der Waals surface area contributed by atoms with Crippen LogP contribution in [0.4, 0.5) is 0 Å². The summed E-state index contributed by atoms with van der Waals surface area (Å²) in [6, 6.07) is 6.06. The van der Waals surface area contributed by atoms with Gasteiger partial charge in [-0.15, -0.1) is 0 Å². The average molecular weight is 315 g/mol. The largest absolute Gasteiger partial charge is 0.478 e. The second kappa shape index (κ2) is 6.48. The van der Waals surface area contributed by atoms with Gasteiger partial charge in [0.1, 0.15) is 0 Å². The summed E-state index contributed by atoms with van der Waals surface area (Å²) in [5.41, 5.74) is 1.82. The molecule has 1 aromatic rings. The molecule has 2 rings (SSSR count). The molecule has 0 aliphatic carbocycles. The zero-order chi connectivity index (χ0) is 17.1. The fourth-order valence-corrected chi connectivity index (χ4v) is 2.50. The number of aromatic carboxylic acids is 1.